The number of thioether (sulfide) groups is 1. The average molecular weight is 665 g/mol. The number of carbonyl (C=O) groups excluding carboxylic acids is 5. The molecule has 1 fully saturated rings. The molecule has 10 nitrogen and oxygen atoms in total. The van der Waals surface area contributed by atoms with Crippen molar-refractivity contribution in [2.75, 3.05) is 19.8 Å². The molecule has 0 aliphatic carbocycles. The minimum atomic E-state index is -1.20. The Morgan fingerprint density at radius 3 is 2.11 bits per heavy atom. The third kappa shape index (κ3) is 7.96. The zero-order chi connectivity index (χ0) is 34.5. The summed E-state index contributed by atoms with van der Waals surface area (Å²) < 4.78 is 16.9. The molecule has 47 heavy (non-hydrogen) atoms. The largest absolute Gasteiger partial charge is 0.465 e. The summed E-state index contributed by atoms with van der Waals surface area (Å²) in [6.07, 6.45) is -0.0271. The van der Waals surface area contributed by atoms with Crippen LogP contribution in [0.3, 0.4) is 0 Å². The van der Waals surface area contributed by atoms with Gasteiger partial charge in [0.1, 0.15) is 28.6 Å². The van der Waals surface area contributed by atoms with Gasteiger partial charge in [-0.3, -0.25) is 24.1 Å². The Kier molecular flexibility index (Phi) is 11.3. The Balaban J connectivity index is 1.75. The van der Waals surface area contributed by atoms with Crippen molar-refractivity contribution in [3.05, 3.63) is 83.1 Å². The number of fused-ring (bicyclic) bond motifs is 1. The minimum Gasteiger partial charge on any atom is -0.465 e. The number of nitrogens with one attached hydrogen (secondary N) is 1. The fourth-order valence-electron chi connectivity index (χ4n) is 5.54. The molecule has 1 N–H and O–H groups in total. The maximum atomic E-state index is 13.8. The highest BCUT2D eigenvalue weighted by Crippen LogP contribution is 2.47. The number of esters is 2. The fourth-order valence-corrected chi connectivity index (χ4v) is 7.19. The van der Waals surface area contributed by atoms with E-state index in [2.05, 4.69) is 5.32 Å². The molecular formula is C36H44N2O8S. The van der Waals surface area contributed by atoms with Gasteiger partial charge < -0.3 is 19.5 Å². The number of hydrogen-bond donors (Lipinski definition) is 1. The van der Waals surface area contributed by atoms with E-state index in [4.69, 9.17) is 14.2 Å². The number of rotatable bonds is 13. The van der Waals surface area contributed by atoms with Crippen LogP contribution < -0.4 is 5.32 Å². The van der Waals surface area contributed by atoms with Crippen molar-refractivity contribution in [3.63, 3.8) is 0 Å². The molecule has 2 aliphatic heterocycles. The first-order valence-corrected chi connectivity index (χ1v) is 16.8. The van der Waals surface area contributed by atoms with Crippen LogP contribution in [0, 0.1) is 5.92 Å². The molecule has 0 bridgehead atoms. The number of hydrogen-bond acceptors (Lipinski definition) is 9. The normalized spacial score (nSPS) is 20.1. The highest BCUT2D eigenvalue weighted by molar-refractivity contribution is 8.00. The second-order valence-corrected chi connectivity index (χ2v) is 14.3. The van der Waals surface area contributed by atoms with Gasteiger partial charge in [0.2, 0.25) is 5.91 Å². The lowest BCUT2D eigenvalue weighted by Crippen LogP contribution is -2.72. The summed E-state index contributed by atoms with van der Waals surface area (Å²) in [5.41, 5.74) is -0.269. The Morgan fingerprint density at radius 2 is 1.53 bits per heavy atom. The van der Waals surface area contributed by atoms with Gasteiger partial charge in [0.25, 0.3) is 5.91 Å². The second kappa shape index (κ2) is 14.9. The Hall–Kier alpha value is -3.96. The topological polar surface area (TPSA) is 128 Å². The van der Waals surface area contributed by atoms with Crippen LogP contribution >= 0.6 is 11.8 Å². The van der Waals surface area contributed by atoms with Crippen LogP contribution in [0.2, 0.25) is 0 Å². The third-order valence-electron chi connectivity index (χ3n) is 8.08. The van der Waals surface area contributed by atoms with Crippen molar-refractivity contribution in [3.8, 4) is 0 Å². The molecule has 2 heterocycles. The van der Waals surface area contributed by atoms with Gasteiger partial charge in [-0.2, -0.15) is 0 Å². The Morgan fingerprint density at radius 1 is 0.915 bits per heavy atom. The van der Waals surface area contributed by atoms with E-state index in [9.17, 15) is 24.0 Å². The van der Waals surface area contributed by atoms with E-state index < -0.39 is 57.2 Å². The molecular weight excluding hydrogens is 620 g/mol. The quantitative estimate of drug-likeness (QED) is 0.139. The van der Waals surface area contributed by atoms with Crippen molar-refractivity contribution in [2.45, 2.75) is 82.6 Å². The maximum Gasteiger partial charge on any atom is 0.355 e. The summed E-state index contributed by atoms with van der Waals surface area (Å²) in [5.74, 6) is -3.84. The molecule has 0 spiro atoms. The zero-order valence-electron chi connectivity index (χ0n) is 28.0. The summed E-state index contributed by atoms with van der Waals surface area (Å²) in [7, 11) is 0. The highest BCUT2D eigenvalue weighted by Gasteiger charge is 2.57. The van der Waals surface area contributed by atoms with E-state index in [1.807, 2.05) is 30.3 Å². The van der Waals surface area contributed by atoms with Gasteiger partial charge in [0.15, 0.2) is 5.78 Å². The third-order valence-corrected chi connectivity index (χ3v) is 9.65. The molecule has 2 aliphatic rings. The molecule has 2 aromatic rings. The van der Waals surface area contributed by atoms with Crippen LogP contribution in [0.1, 0.15) is 70.8 Å². The number of nitrogens with zero attached hydrogens (tertiary/aromatic N) is 1. The van der Waals surface area contributed by atoms with Crippen LogP contribution in [-0.4, -0.2) is 76.5 Å². The van der Waals surface area contributed by atoms with Gasteiger partial charge in [-0.15, -0.1) is 11.8 Å². The lowest BCUT2D eigenvalue weighted by molar-refractivity contribution is -0.159. The molecule has 4 rings (SSSR count). The van der Waals surface area contributed by atoms with Crippen molar-refractivity contribution >= 4 is 41.3 Å². The second-order valence-electron chi connectivity index (χ2n) is 12.9. The highest BCUT2D eigenvalue weighted by atomic mass is 32.2. The first kappa shape index (κ1) is 35.9. The van der Waals surface area contributed by atoms with Crippen LogP contribution in [-0.2, 0) is 38.8 Å². The predicted molar refractivity (Wildman–Crippen MR) is 178 cm³/mol. The van der Waals surface area contributed by atoms with Crippen molar-refractivity contribution in [2.24, 2.45) is 5.92 Å². The van der Waals surface area contributed by atoms with Gasteiger partial charge in [0, 0.05) is 17.4 Å². The van der Waals surface area contributed by atoms with E-state index in [1.54, 1.807) is 78.8 Å². The number of ether oxygens (including phenoxy) is 3. The maximum absolute atomic E-state index is 13.8. The summed E-state index contributed by atoms with van der Waals surface area (Å²) in [5, 5.41) is 1.58. The van der Waals surface area contributed by atoms with Gasteiger partial charge in [-0.1, -0.05) is 60.7 Å². The summed E-state index contributed by atoms with van der Waals surface area (Å²) >= 11 is 1.30. The summed E-state index contributed by atoms with van der Waals surface area (Å²) in [4.78, 5) is 69.7. The molecule has 252 valence electrons. The Labute approximate surface area is 280 Å². The first-order valence-electron chi connectivity index (χ1n) is 15.9. The predicted octanol–water partition coefficient (Wildman–Crippen LogP) is 4.82. The van der Waals surface area contributed by atoms with Crippen molar-refractivity contribution in [1.82, 2.24) is 10.2 Å². The number of ketones is 1. The number of carbonyl (C=O) groups is 5. The van der Waals surface area contributed by atoms with Gasteiger partial charge in [-0.05, 0) is 66.0 Å². The molecule has 11 heteroatoms. The monoisotopic (exact) mass is 664 g/mol. The van der Waals surface area contributed by atoms with E-state index >= 15 is 0 Å². The van der Waals surface area contributed by atoms with Gasteiger partial charge >= 0.3 is 11.9 Å². The zero-order valence-corrected chi connectivity index (χ0v) is 28.8. The smallest absolute Gasteiger partial charge is 0.355 e. The van der Waals surface area contributed by atoms with Crippen LogP contribution in [0.5, 0.6) is 0 Å². The molecule has 0 aromatic heterocycles. The number of β-lactam (4-membered cyclic amide) rings is 1. The molecule has 4 atom stereocenters. The summed E-state index contributed by atoms with van der Waals surface area (Å²) in [6.45, 7) is 12.6. The van der Waals surface area contributed by atoms with Crippen molar-refractivity contribution in [1.29, 1.82) is 0 Å². The van der Waals surface area contributed by atoms with Crippen LogP contribution in [0.25, 0.3) is 0 Å². The molecule has 0 radical (unpaired) electrons. The standard InChI is InChI=1S/C36H44N2O8S/c1-8-44-21-25-26(20-24(32(41)45-9-2)29(39)22-16-12-10-13-17-22)47-31-27(30(40)38(31)28(25)33(42)46-35(3,4)5)37-34(43)36(6,7)23-18-14-11-15-19-23/h10-19,24,26-27,31H,8-9,20-21H2,1-7H3,(H,37,43)/t24?,26?,27?,31-/m0/s1. The molecule has 3 unspecified atom stereocenters. The SMILES string of the molecule is CCOCC1=C(C(=O)OC(C)(C)C)N2C(=O)C(NC(=O)C(C)(C)c3ccccc3)[C@@H]2SC1CC(C(=O)OCC)C(=O)c1ccccc1. The molecule has 2 aromatic carbocycles. The molecule has 1 saturated heterocycles. The number of benzene rings is 2. The van der Waals surface area contributed by atoms with E-state index in [0.717, 1.165) is 5.56 Å². The van der Waals surface area contributed by atoms with Crippen molar-refractivity contribution < 1.29 is 38.2 Å². The van der Waals surface area contributed by atoms with Crippen LogP contribution in [0.15, 0.2) is 71.9 Å². The van der Waals surface area contributed by atoms with E-state index in [-0.39, 0.29) is 31.2 Å². The minimum absolute atomic E-state index is 0.00899. The van der Waals surface area contributed by atoms with E-state index in [0.29, 0.717) is 17.7 Å². The first-order chi connectivity index (χ1) is 22.2. The van der Waals surface area contributed by atoms with Gasteiger partial charge in [-0.25, -0.2) is 4.79 Å². The fraction of sp³-hybridized carbons (Fsp3) is 0.472. The molecule has 2 amide bonds. The number of Topliss-reactive ketones (excluding diaryl/α,β-unsaturated/α-hetero) is 1. The lowest BCUT2D eigenvalue weighted by Gasteiger charge is -2.52. The van der Waals surface area contributed by atoms with E-state index in [1.165, 1.54) is 16.7 Å². The number of amides is 2. The van der Waals surface area contributed by atoms with Gasteiger partial charge in [0.05, 0.1) is 18.6 Å². The average Bonchev–Trinajstić information content (AvgIpc) is 3.04. The molecule has 0 saturated carbocycles. The Bertz CT molecular complexity index is 1520. The lowest BCUT2D eigenvalue weighted by atomic mass is 9.83. The summed E-state index contributed by atoms with van der Waals surface area (Å²) in [6, 6.07) is 16.8. The van der Waals surface area contributed by atoms with Crippen LogP contribution in [0.4, 0.5) is 0 Å².